The number of ether oxygens (including phenoxy) is 1. The first-order chi connectivity index (χ1) is 6.74. The lowest BCUT2D eigenvalue weighted by atomic mass is 10.5. The number of thiazole rings is 1. The number of aromatic nitrogens is 2. The molecule has 0 N–H and O–H groups in total. The molecular formula is C9H10N2O2S. The van der Waals surface area contributed by atoms with Crippen LogP contribution in [0.4, 0.5) is 0 Å². The maximum atomic E-state index is 11.5. The van der Waals surface area contributed by atoms with Crippen molar-refractivity contribution in [3.05, 3.63) is 23.1 Å². The van der Waals surface area contributed by atoms with Gasteiger partial charge < -0.3 is 4.74 Å². The summed E-state index contributed by atoms with van der Waals surface area (Å²) in [6, 6.07) is 0. The van der Waals surface area contributed by atoms with Crippen LogP contribution in [0.5, 0.6) is 0 Å². The minimum absolute atomic E-state index is 0.292. The van der Waals surface area contributed by atoms with Crippen molar-refractivity contribution in [1.82, 2.24) is 9.38 Å². The van der Waals surface area contributed by atoms with Crippen molar-refractivity contribution >= 4 is 22.1 Å². The second-order valence-corrected chi connectivity index (χ2v) is 3.71. The number of fused-ring (bicyclic) bond motifs is 1. The third-order valence-corrected chi connectivity index (χ3v) is 2.79. The Bertz CT molecular complexity index is 472. The van der Waals surface area contributed by atoms with Gasteiger partial charge in [0.2, 0.25) is 0 Å². The normalized spacial score (nSPS) is 10.7. The molecule has 0 atom stereocenters. The van der Waals surface area contributed by atoms with E-state index in [-0.39, 0.29) is 5.97 Å². The van der Waals surface area contributed by atoms with Crippen LogP contribution in [-0.4, -0.2) is 22.0 Å². The van der Waals surface area contributed by atoms with E-state index in [2.05, 4.69) is 4.98 Å². The summed E-state index contributed by atoms with van der Waals surface area (Å²) in [4.78, 5) is 16.6. The summed E-state index contributed by atoms with van der Waals surface area (Å²) in [6.45, 7) is 4.05. The largest absolute Gasteiger partial charge is 0.461 e. The minimum Gasteiger partial charge on any atom is -0.461 e. The van der Waals surface area contributed by atoms with E-state index in [1.807, 2.05) is 11.3 Å². The van der Waals surface area contributed by atoms with Crippen LogP contribution >= 0.6 is 11.3 Å². The summed E-state index contributed by atoms with van der Waals surface area (Å²) in [6.07, 6.45) is 1.75. The lowest BCUT2D eigenvalue weighted by Crippen LogP contribution is -2.08. The molecular weight excluding hydrogens is 200 g/mol. The average molecular weight is 210 g/mol. The zero-order valence-electron chi connectivity index (χ0n) is 7.98. The average Bonchev–Trinajstić information content (AvgIpc) is 2.70. The molecule has 0 aliphatic heterocycles. The van der Waals surface area contributed by atoms with Gasteiger partial charge in [-0.15, -0.1) is 11.3 Å². The highest BCUT2D eigenvalue weighted by molar-refractivity contribution is 7.15. The predicted octanol–water partition coefficient (Wildman–Crippen LogP) is 1.88. The monoisotopic (exact) mass is 210 g/mol. The van der Waals surface area contributed by atoms with Crippen molar-refractivity contribution in [3.8, 4) is 0 Å². The first kappa shape index (κ1) is 9.21. The summed E-state index contributed by atoms with van der Waals surface area (Å²) in [7, 11) is 0. The van der Waals surface area contributed by atoms with E-state index in [1.165, 1.54) is 11.3 Å². The summed E-state index contributed by atoms with van der Waals surface area (Å²) in [5, 5.41) is 1.79. The topological polar surface area (TPSA) is 43.6 Å². The summed E-state index contributed by atoms with van der Waals surface area (Å²) in [5.41, 5.74) is 0.557. The second-order valence-electron chi connectivity index (χ2n) is 2.82. The molecule has 74 valence electrons. The van der Waals surface area contributed by atoms with E-state index in [0.717, 1.165) is 10.7 Å². The molecule has 0 aliphatic rings. The molecule has 0 saturated heterocycles. The van der Waals surface area contributed by atoms with Crippen LogP contribution in [0, 0.1) is 6.92 Å². The van der Waals surface area contributed by atoms with Crippen LogP contribution in [0.2, 0.25) is 0 Å². The quantitative estimate of drug-likeness (QED) is 0.711. The number of esters is 1. The molecule has 0 amide bonds. The van der Waals surface area contributed by atoms with Crippen molar-refractivity contribution in [2.45, 2.75) is 13.8 Å². The van der Waals surface area contributed by atoms with Crippen molar-refractivity contribution in [2.24, 2.45) is 0 Å². The van der Waals surface area contributed by atoms with E-state index in [1.54, 1.807) is 18.5 Å². The van der Waals surface area contributed by atoms with Crippen LogP contribution in [0.25, 0.3) is 4.83 Å². The van der Waals surface area contributed by atoms with Crippen molar-refractivity contribution < 1.29 is 9.53 Å². The minimum atomic E-state index is -0.292. The highest BCUT2D eigenvalue weighted by Gasteiger charge is 2.14. The van der Waals surface area contributed by atoms with E-state index in [9.17, 15) is 4.79 Å². The number of rotatable bonds is 2. The Kier molecular flexibility index (Phi) is 2.25. The Morgan fingerprint density at radius 2 is 2.50 bits per heavy atom. The molecule has 0 fully saturated rings. The van der Waals surface area contributed by atoms with Gasteiger partial charge in [0.1, 0.15) is 16.3 Å². The molecule has 0 aliphatic carbocycles. The highest BCUT2D eigenvalue weighted by Crippen LogP contribution is 2.18. The third-order valence-electron chi connectivity index (χ3n) is 1.92. The van der Waals surface area contributed by atoms with Crippen molar-refractivity contribution in [1.29, 1.82) is 0 Å². The lowest BCUT2D eigenvalue weighted by molar-refractivity contribution is 0.0518. The Morgan fingerprint density at radius 3 is 3.21 bits per heavy atom. The lowest BCUT2D eigenvalue weighted by Gasteiger charge is -2.00. The van der Waals surface area contributed by atoms with Gasteiger partial charge in [-0.25, -0.2) is 9.78 Å². The smallest absolute Gasteiger partial charge is 0.356 e. The van der Waals surface area contributed by atoms with Gasteiger partial charge in [0.15, 0.2) is 0 Å². The first-order valence-corrected chi connectivity index (χ1v) is 5.20. The molecule has 0 aromatic carbocycles. The molecule has 4 nitrogen and oxygen atoms in total. The molecule has 0 bridgehead atoms. The fourth-order valence-electron chi connectivity index (χ4n) is 1.31. The zero-order valence-corrected chi connectivity index (χ0v) is 8.80. The van der Waals surface area contributed by atoms with Crippen LogP contribution in [-0.2, 0) is 4.74 Å². The summed E-state index contributed by atoms with van der Waals surface area (Å²) >= 11 is 1.49. The molecule has 2 aromatic rings. The van der Waals surface area contributed by atoms with Crippen LogP contribution in [0.1, 0.15) is 23.2 Å². The van der Waals surface area contributed by atoms with E-state index >= 15 is 0 Å². The molecule has 0 saturated carbocycles. The van der Waals surface area contributed by atoms with E-state index in [0.29, 0.717) is 12.3 Å². The standard InChI is InChI=1S/C9H10N2O2S/c1-3-13-9(12)7-5-14-8-4-10-6(2)11(7)8/h4-5H,3H2,1-2H3. The Labute approximate surface area is 85.1 Å². The Hall–Kier alpha value is -1.36. The number of aryl methyl sites for hydroxylation is 1. The first-order valence-electron chi connectivity index (χ1n) is 4.32. The van der Waals surface area contributed by atoms with Gasteiger partial charge in [0, 0.05) is 5.38 Å². The van der Waals surface area contributed by atoms with Gasteiger partial charge in [0.25, 0.3) is 0 Å². The summed E-state index contributed by atoms with van der Waals surface area (Å²) in [5.74, 6) is 0.518. The van der Waals surface area contributed by atoms with E-state index in [4.69, 9.17) is 4.74 Å². The van der Waals surface area contributed by atoms with E-state index < -0.39 is 0 Å². The third kappa shape index (κ3) is 1.29. The molecule has 2 aromatic heterocycles. The molecule has 0 radical (unpaired) electrons. The van der Waals surface area contributed by atoms with Crippen molar-refractivity contribution in [2.75, 3.05) is 6.61 Å². The molecule has 2 rings (SSSR count). The molecule has 0 unspecified atom stereocenters. The Morgan fingerprint density at radius 1 is 1.71 bits per heavy atom. The van der Waals surface area contributed by atoms with Gasteiger partial charge in [-0.2, -0.15) is 0 Å². The van der Waals surface area contributed by atoms with Crippen LogP contribution < -0.4 is 0 Å². The zero-order chi connectivity index (χ0) is 10.1. The van der Waals surface area contributed by atoms with Crippen LogP contribution in [0.3, 0.4) is 0 Å². The Balaban J connectivity index is 2.51. The number of hydrogen-bond donors (Lipinski definition) is 0. The van der Waals surface area contributed by atoms with Crippen LogP contribution in [0.15, 0.2) is 11.6 Å². The van der Waals surface area contributed by atoms with Gasteiger partial charge in [0.05, 0.1) is 12.8 Å². The summed E-state index contributed by atoms with van der Waals surface area (Å²) < 4.78 is 6.75. The molecule has 0 spiro atoms. The number of carbonyl (C=O) groups is 1. The predicted molar refractivity (Wildman–Crippen MR) is 53.8 cm³/mol. The number of hydrogen-bond acceptors (Lipinski definition) is 4. The molecule has 14 heavy (non-hydrogen) atoms. The highest BCUT2D eigenvalue weighted by atomic mass is 32.1. The van der Waals surface area contributed by atoms with Gasteiger partial charge >= 0.3 is 5.97 Å². The second kappa shape index (κ2) is 3.42. The van der Waals surface area contributed by atoms with Gasteiger partial charge in [-0.05, 0) is 13.8 Å². The number of carbonyl (C=O) groups excluding carboxylic acids is 1. The number of nitrogens with zero attached hydrogens (tertiary/aromatic N) is 2. The fourth-order valence-corrected chi connectivity index (χ4v) is 2.20. The number of imidazole rings is 1. The molecule has 2 heterocycles. The van der Waals surface area contributed by atoms with Crippen molar-refractivity contribution in [3.63, 3.8) is 0 Å². The van der Waals surface area contributed by atoms with Gasteiger partial charge in [-0.3, -0.25) is 4.40 Å². The SMILES string of the molecule is CCOC(=O)c1csc2cnc(C)n12. The maximum absolute atomic E-state index is 11.5. The maximum Gasteiger partial charge on any atom is 0.356 e. The fraction of sp³-hybridized carbons (Fsp3) is 0.333. The molecule has 5 heteroatoms. The van der Waals surface area contributed by atoms with Gasteiger partial charge in [-0.1, -0.05) is 0 Å².